The van der Waals surface area contributed by atoms with Gasteiger partial charge >= 0.3 is 0 Å². The zero-order valence-corrected chi connectivity index (χ0v) is 25.7. The average Bonchev–Trinajstić information content (AvgIpc) is 3.14. The van der Waals surface area contributed by atoms with E-state index >= 15 is 0 Å². The zero-order valence-electron chi connectivity index (χ0n) is 25.7. The van der Waals surface area contributed by atoms with Gasteiger partial charge < -0.3 is 4.90 Å². The summed E-state index contributed by atoms with van der Waals surface area (Å²) in [5.41, 5.74) is 5.97. The van der Waals surface area contributed by atoms with Gasteiger partial charge in [-0.15, -0.1) is 0 Å². The van der Waals surface area contributed by atoms with Gasteiger partial charge in [0.25, 0.3) is 0 Å². The highest BCUT2D eigenvalue weighted by molar-refractivity contribution is 6.25. The van der Waals surface area contributed by atoms with Gasteiger partial charge in [-0.3, -0.25) is 0 Å². The molecule has 10 aromatic rings. The molecule has 1 heteroatoms. The molecule has 0 aliphatic heterocycles. The molecule has 0 unspecified atom stereocenters. The molecular formula is C46H29N. The lowest BCUT2D eigenvalue weighted by atomic mass is 9.90. The normalized spacial score (nSPS) is 11.8. The lowest BCUT2D eigenvalue weighted by molar-refractivity contribution is 1.31. The molecule has 0 aromatic heterocycles. The number of hydrogen-bond acceptors (Lipinski definition) is 1. The van der Waals surface area contributed by atoms with Crippen molar-refractivity contribution < 1.29 is 0 Å². The van der Waals surface area contributed by atoms with Crippen LogP contribution < -0.4 is 4.90 Å². The van der Waals surface area contributed by atoms with Crippen molar-refractivity contribution in [3.63, 3.8) is 0 Å². The lowest BCUT2D eigenvalue weighted by Gasteiger charge is -2.28. The molecule has 0 spiro atoms. The van der Waals surface area contributed by atoms with Gasteiger partial charge in [0.1, 0.15) is 0 Å². The number of para-hydroxylation sites is 1. The summed E-state index contributed by atoms with van der Waals surface area (Å²) in [6.07, 6.45) is 0. The van der Waals surface area contributed by atoms with E-state index in [2.05, 4.69) is 181 Å². The van der Waals surface area contributed by atoms with Crippen LogP contribution in [0.4, 0.5) is 17.1 Å². The maximum Gasteiger partial charge on any atom is 0.0546 e. The molecule has 0 saturated heterocycles. The monoisotopic (exact) mass is 595 g/mol. The molecule has 1 nitrogen and oxygen atoms in total. The van der Waals surface area contributed by atoms with E-state index < -0.39 is 0 Å². The Bertz CT molecular complexity index is 2730. The van der Waals surface area contributed by atoms with E-state index in [4.69, 9.17) is 0 Å². The highest BCUT2D eigenvalue weighted by Crippen LogP contribution is 2.45. The van der Waals surface area contributed by atoms with E-state index in [1.54, 1.807) is 0 Å². The van der Waals surface area contributed by atoms with Crippen LogP contribution in [0.5, 0.6) is 0 Å². The predicted octanol–water partition coefficient (Wildman–Crippen LogP) is 13.2. The highest BCUT2D eigenvalue weighted by atomic mass is 15.1. The predicted molar refractivity (Wildman–Crippen MR) is 203 cm³/mol. The first-order valence-corrected chi connectivity index (χ1v) is 16.3. The van der Waals surface area contributed by atoms with Crippen molar-refractivity contribution in [2.24, 2.45) is 0 Å². The smallest absolute Gasteiger partial charge is 0.0546 e. The van der Waals surface area contributed by atoms with Gasteiger partial charge in [-0.2, -0.15) is 0 Å². The van der Waals surface area contributed by atoms with Gasteiger partial charge in [0, 0.05) is 16.8 Å². The minimum Gasteiger partial charge on any atom is -0.310 e. The molecule has 0 bridgehead atoms. The van der Waals surface area contributed by atoms with Crippen molar-refractivity contribution in [2.75, 3.05) is 4.90 Å². The van der Waals surface area contributed by atoms with Gasteiger partial charge in [0.2, 0.25) is 0 Å². The number of anilines is 3. The Hall–Kier alpha value is -6.18. The van der Waals surface area contributed by atoms with Crippen LogP contribution >= 0.6 is 0 Å². The second kappa shape index (κ2) is 10.2. The van der Waals surface area contributed by atoms with Gasteiger partial charge in [-0.1, -0.05) is 127 Å². The first kappa shape index (κ1) is 26.1. The molecule has 47 heavy (non-hydrogen) atoms. The van der Waals surface area contributed by atoms with Crippen molar-refractivity contribution in [2.45, 2.75) is 0 Å². The molecule has 0 aliphatic rings. The maximum atomic E-state index is 2.43. The molecule has 10 rings (SSSR count). The molecule has 0 atom stereocenters. The van der Waals surface area contributed by atoms with E-state index in [0.29, 0.717) is 0 Å². The quantitative estimate of drug-likeness (QED) is 0.183. The topological polar surface area (TPSA) is 3.24 Å². The first-order valence-electron chi connectivity index (χ1n) is 16.3. The summed E-state index contributed by atoms with van der Waals surface area (Å²) in [6, 6.07) is 64.7. The Morgan fingerprint density at radius 2 is 0.787 bits per heavy atom. The van der Waals surface area contributed by atoms with E-state index in [9.17, 15) is 0 Å². The first-order chi connectivity index (χ1) is 23.3. The molecule has 0 saturated carbocycles. The second-order valence-corrected chi connectivity index (χ2v) is 12.6. The van der Waals surface area contributed by atoms with Crippen molar-refractivity contribution >= 4 is 81.7 Å². The van der Waals surface area contributed by atoms with Gasteiger partial charge in [0.05, 0.1) is 5.69 Å². The van der Waals surface area contributed by atoms with E-state index in [1.807, 2.05) is 0 Å². The molecule has 0 radical (unpaired) electrons. The van der Waals surface area contributed by atoms with E-state index in [0.717, 1.165) is 11.4 Å². The molecule has 0 fully saturated rings. The third-order valence-electron chi connectivity index (χ3n) is 9.86. The Morgan fingerprint density at radius 3 is 1.49 bits per heavy atom. The number of fused-ring (bicyclic) bond motifs is 4. The summed E-state index contributed by atoms with van der Waals surface area (Å²) in [6.45, 7) is 0. The zero-order chi connectivity index (χ0) is 30.9. The Labute approximate surface area is 272 Å². The maximum absolute atomic E-state index is 2.43. The molecule has 0 N–H and O–H groups in total. The van der Waals surface area contributed by atoms with Crippen LogP contribution in [0.15, 0.2) is 176 Å². The SMILES string of the molecule is c1ccc(N(c2cc3ccc4cc(-c5ccc6ccccc6c5)cc5ccc(c2)c3c45)c2cc3ccccc3c3ccccc23)cc1. The van der Waals surface area contributed by atoms with Crippen LogP contribution in [0.2, 0.25) is 0 Å². The van der Waals surface area contributed by atoms with Crippen LogP contribution in [-0.2, 0) is 0 Å². The van der Waals surface area contributed by atoms with Crippen LogP contribution in [-0.4, -0.2) is 0 Å². The third-order valence-corrected chi connectivity index (χ3v) is 9.86. The number of rotatable bonds is 4. The fourth-order valence-electron chi connectivity index (χ4n) is 7.71. The summed E-state index contributed by atoms with van der Waals surface area (Å²) >= 11 is 0. The van der Waals surface area contributed by atoms with Crippen molar-refractivity contribution in [1.29, 1.82) is 0 Å². The summed E-state index contributed by atoms with van der Waals surface area (Å²) in [5.74, 6) is 0. The van der Waals surface area contributed by atoms with Crippen LogP contribution in [0, 0.1) is 0 Å². The number of hydrogen-bond donors (Lipinski definition) is 0. The molecule has 218 valence electrons. The third kappa shape index (κ3) is 4.10. The second-order valence-electron chi connectivity index (χ2n) is 12.6. The molecule has 0 amide bonds. The fourth-order valence-corrected chi connectivity index (χ4v) is 7.71. The Balaban J connectivity index is 1.19. The van der Waals surface area contributed by atoms with Crippen LogP contribution in [0.1, 0.15) is 0 Å². The lowest BCUT2D eigenvalue weighted by Crippen LogP contribution is -2.10. The van der Waals surface area contributed by atoms with Crippen LogP contribution in [0.25, 0.3) is 75.8 Å². The number of nitrogens with zero attached hydrogens (tertiary/aromatic N) is 1. The summed E-state index contributed by atoms with van der Waals surface area (Å²) in [5, 5.41) is 15.3. The number of benzene rings is 10. The van der Waals surface area contributed by atoms with E-state index in [1.165, 1.54) is 81.4 Å². The minimum atomic E-state index is 1.14. The molecule has 0 aliphatic carbocycles. The fraction of sp³-hybridized carbons (Fsp3) is 0. The highest BCUT2D eigenvalue weighted by Gasteiger charge is 2.19. The Morgan fingerprint density at radius 1 is 0.277 bits per heavy atom. The summed E-state index contributed by atoms with van der Waals surface area (Å²) in [7, 11) is 0. The average molecular weight is 596 g/mol. The largest absolute Gasteiger partial charge is 0.310 e. The van der Waals surface area contributed by atoms with E-state index in [-0.39, 0.29) is 0 Å². The van der Waals surface area contributed by atoms with Crippen molar-refractivity contribution in [3.8, 4) is 11.1 Å². The molecular weight excluding hydrogens is 567 g/mol. The standard InChI is InChI=1S/C46H29N/c1-2-13-39(14-3-1)47(44-29-33-12-6-7-15-41(33)42-16-8-9-17-43(42)44)40-27-36-22-20-34-25-38(26-35-21-23-37(28-40)46(36)45(34)35)32-19-18-30-10-4-5-11-31(30)24-32/h1-29H. The van der Waals surface area contributed by atoms with Gasteiger partial charge in [0.15, 0.2) is 0 Å². The minimum absolute atomic E-state index is 1.14. The summed E-state index contributed by atoms with van der Waals surface area (Å²) in [4.78, 5) is 2.43. The molecule has 0 heterocycles. The Kier molecular flexibility index (Phi) is 5.64. The van der Waals surface area contributed by atoms with Gasteiger partial charge in [-0.05, 0) is 119 Å². The van der Waals surface area contributed by atoms with Crippen molar-refractivity contribution in [1.82, 2.24) is 0 Å². The van der Waals surface area contributed by atoms with Gasteiger partial charge in [-0.25, -0.2) is 0 Å². The van der Waals surface area contributed by atoms with Crippen molar-refractivity contribution in [3.05, 3.63) is 176 Å². The summed E-state index contributed by atoms with van der Waals surface area (Å²) < 4.78 is 0. The van der Waals surface area contributed by atoms with Crippen LogP contribution in [0.3, 0.4) is 0 Å². The molecule has 10 aromatic carbocycles.